The third-order valence-corrected chi connectivity index (χ3v) is 2.89. The molecule has 17 heavy (non-hydrogen) atoms. The Balaban J connectivity index is 2.29. The zero-order chi connectivity index (χ0) is 12.3. The van der Waals surface area contributed by atoms with Crippen molar-refractivity contribution in [2.45, 2.75) is 26.7 Å². The molecule has 0 amide bonds. The molecule has 0 aliphatic carbocycles. The van der Waals surface area contributed by atoms with Crippen LogP contribution < -0.4 is 4.74 Å². The molecule has 0 fully saturated rings. The Morgan fingerprint density at radius 2 is 2.00 bits per heavy atom. The molecule has 0 radical (unpaired) electrons. The molecule has 0 unspecified atom stereocenters. The van der Waals surface area contributed by atoms with E-state index in [2.05, 4.69) is 6.92 Å². The van der Waals surface area contributed by atoms with E-state index in [0.717, 1.165) is 30.6 Å². The van der Waals surface area contributed by atoms with Gasteiger partial charge >= 0.3 is 0 Å². The normalized spacial score (nSPS) is 10.8. The first-order valence-electron chi connectivity index (χ1n) is 6.04. The highest BCUT2D eigenvalue weighted by Gasteiger charge is 2.04. The average Bonchev–Trinajstić information content (AvgIpc) is 2.34. The summed E-state index contributed by atoms with van der Waals surface area (Å²) >= 11 is 0. The Morgan fingerprint density at radius 3 is 2.76 bits per heavy atom. The first-order chi connectivity index (χ1) is 8.22. The van der Waals surface area contributed by atoms with Gasteiger partial charge in [0.1, 0.15) is 11.6 Å². The molecule has 0 bridgehead atoms. The molecular formula is C15H17FO. The molecule has 0 aromatic heterocycles. The molecular weight excluding hydrogens is 215 g/mol. The standard InChI is InChI=1S/C15H17FO/c1-3-4-9-17-13-7-8-14-12(10-13)6-5-11(2)15(14)16/h5-8,10H,3-4,9H2,1-2H3. The van der Waals surface area contributed by atoms with Crippen molar-refractivity contribution in [3.8, 4) is 5.75 Å². The van der Waals surface area contributed by atoms with Gasteiger partial charge in [0.2, 0.25) is 0 Å². The van der Waals surface area contributed by atoms with Crippen LogP contribution in [-0.4, -0.2) is 6.61 Å². The fraction of sp³-hybridized carbons (Fsp3) is 0.333. The van der Waals surface area contributed by atoms with E-state index in [-0.39, 0.29) is 5.82 Å². The topological polar surface area (TPSA) is 9.23 Å². The van der Waals surface area contributed by atoms with Gasteiger partial charge in [-0.2, -0.15) is 0 Å². The van der Waals surface area contributed by atoms with Crippen molar-refractivity contribution in [1.82, 2.24) is 0 Å². The second-order valence-electron chi connectivity index (χ2n) is 4.28. The smallest absolute Gasteiger partial charge is 0.133 e. The maximum absolute atomic E-state index is 13.8. The lowest BCUT2D eigenvalue weighted by molar-refractivity contribution is 0.310. The number of unbranched alkanes of at least 4 members (excludes halogenated alkanes) is 1. The molecule has 2 heteroatoms. The molecule has 2 aromatic carbocycles. The Kier molecular flexibility index (Phi) is 3.62. The van der Waals surface area contributed by atoms with Gasteiger partial charge in [0.15, 0.2) is 0 Å². The number of hydrogen-bond acceptors (Lipinski definition) is 1. The van der Waals surface area contributed by atoms with Gasteiger partial charge < -0.3 is 4.74 Å². The number of aryl methyl sites for hydroxylation is 1. The molecule has 2 aromatic rings. The SMILES string of the molecule is CCCCOc1ccc2c(F)c(C)ccc2c1. The Hall–Kier alpha value is -1.57. The number of fused-ring (bicyclic) bond motifs is 1. The van der Waals surface area contributed by atoms with Crippen molar-refractivity contribution < 1.29 is 9.13 Å². The average molecular weight is 232 g/mol. The number of benzene rings is 2. The zero-order valence-electron chi connectivity index (χ0n) is 10.3. The van der Waals surface area contributed by atoms with E-state index in [9.17, 15) is 4.39 Å². The van der Waals surface area contributed by atoms with Gasteiger partial charge in [0.05, 0.1) is 6.61 Å². The van der Waals surface area contributed by atoms with Crippen molar-refractivity contribution in [2.75, 3.05) is 6.61 Å². The lowest BCUT2D eigenvalue weighted by atomic mass is 10.1. The highest BCUT2D eigenvalue weighted by Crippen LogP contribution is 2.25. The van der Waals surface area contributed by atoms with E-state index in [4.69, 9.17) is 4.74 Å². The predicted molar refractivity (Wildman–Crippen MR) is 69.0 cm³/mol. The van der Waals surface area contributed by atoms with Gasteiger partial charge in [-0.1, -0.05) is 25.5 Å². The Labute approximate surface area is 101 Å². The van der Waals surface area contributed by atoms with E-state index in [1.165, 1.54) is 0 Å². The molecule has 0 heterocycles. The lowest BCUT2D eigenvalue weighted by Gasteiger charge is -2.07. The molecule has 0 spiro atoms. The molecule has 0 aliphatic heterocycles. The van der Waals surface area contributed by atoms with Gasteiger partial charge in [-0.25, -0.2) is 4.39 Å². The Morgan fingerprint density at radius 1 is 1.18 bits per heavy atom. The van der Waals surface area contributed by atoms with Crippen molar-refractivity contribution in [1.29, 1.82) is 0 Å². The minimum atomic E-state index is -0.136. The second kappa shape index (κ2) is 5.17. The van der Waals surface area contributed by atoms with Gasteiger partial charge in [-0.05, 0) is 42.5 Å². The van der Waals surface area contributed by atoms with E-state index in [1.54, 1.807) is 19.1 Å². The van der Waals surface area contributed by atoms with E-state index in [0.29, 0.717) is 10.9 Å². The molecule has 90 valence electrons. The summed E-state index contributed by atoms with van der Waals surface area (Å²) in [6.07, 6.45) is 2.15. The predicted octanol–water partition coefficient (Wildman–Crippen LogP) is 4.47. The minimum absolute atomic E-state index is 0.136. The summed E-state index contributed by atoms with van der Waals surface area (Å²) in [7, 11) is 0. The van der Waals surface area contributed by atoms with E-state index >= 15 is 0 Å². The second-order valence-corrected chi connectivity index (χ2v) is 4.28. The summed E-state index contributed by atoms with van der Waals surface area (Å²) in [6.45, 7) is 4.62. The maximum Gasteiger partial charge on any atom is 0.133 e. The lowest BCUT2D eigenvalue weighted by Crippen LogP contribution is -1.96. The van der Waals surface area contributed by atoms with Crippen LogP contribution in [-0.2, 0) is 0 Å². The van der Waals surface area contributed by atoms with E-state index in [1.807, 2.05) is 18.2 Å². The van der Waals surface area contributed by atoms with Crippen LogP contribution in [0.25, 0.3) is 10.8 Å². The summed E-state index contributed by atoms with van der Waals surface area (Å²) in [4.78, 5) is 0. The molecule has 1 nitrogen and oxygen atoms in total. The third-order valence-electron chi connectivity index (χ3n) is 2.89. The first kappa shape index (κ1) is 11.9. The molecule has 0 aliphatic rings. The van der Waals surface area contributed by atoms with Gasteiger partial charge in [-0.3, -0.25) is 0 Å². The van der Waals surface area contributed by atoms with Crippen LogP contribution in [0.1, 0.15) is 25.3 Å². The van der Waals surface area contributed by atoms with E-state index < -0.39 is 0 Å². The summed E-state index contributed by atoms with van der Waals surface area (Å²) in [6, 6.07) is 9.25. The molecule has 0 N–H and O–H groups in total. The van der Waals surface area contributed by atoms with Crippen LogP contribution in [0.5, 0.6) is 5.75 Å². The number of hydrogen-bond donors (Lipinski definition) is 0. The number of ether oxygens (including phenoxy) is 1. The summed E-state index contributed by atoms with van der Waals surface area (Å²) in [5, 5.41) is 1.55. The van der Waals surface area contributed by atoms with Crippen molar-refractivity contribution in [2.24, 2.45) is 0 Å². The van der Waals surface area contributed by atoms with Crippen molar-refractivity contribution >= 4 is 10.8 Å². The number of halogens is 1. The summed E-state index contributed by atoms with van der Waals surface area (Å²) in [5.74, 6) is 0.678. The fourth-order valence-electron chi connectivity index (χ4n) is 1.80. The van der Waals surface area contributed by atoms with Crippen LogP contribution in [0, 0.1) is 12.7 Å². The molecule has 2 rings (SSSR count). The molecule has 0 atom stereocenters. The van der Waals surface area contributed by atoms with Crippen LogP contribution in [0.4, 0.5) is 4.39 Å². The monoisotopic (exact) mass is 232 g/mol. The van der Waals surface area contributed by atoms with Crippen LogP contribution in [0.2, 0.25) is 0 Å². The molecule has 0 saturated carbocycles. The van der Waals surface area contributed by atoms with Crippen molar-refractivity contribution in [3.63, 3.8) is 0 Å². The van der Waals surface area contributed by atoms with Crippen LogP contribution in [0.3, 0.4) is 0 Å². The number of rotatable bonds is 4. The summed E-state index contributed by atoms with van der Waals surface area (Å²) < 4.78 is 19.4. The van der Waals surface area contributed by atoms with Gasteiger partial charge in [-0.15, -0.1) is 0 Å². The zero-order valence-corrected chi connectivity index (χ0v) is 10.3. The molecule has 0 saturated heterocycles. The third kappa shape index (κ3) is 2.57. The highest BCUT2D eigenvalue weighted by molar-refractivity contribution is 5.85. The highest BCUT2D eigenvalue weighted by atomic mass is 19.1. The maximum atomic E-state index is 13.8. The fourth-order valence-corrected chi connectivity index (χ4v) is 1.80. The Bertz CT molecular complexity index is 520. The largest absolute Gasteiger partial charge is 0.494 e. The minimum Gasteiger partial charge on any atom is -0.494 e. The van der Waals surface area contributed by atoms with Crippen molar-refractivity contribution in [3.05, 3.63) is 41.7 Å². The van der Waals surface area contributed by atoms with Gasteiger partial charge in [0, 0.05) is 5.39 Å². The van der Waals surface area contributed by atoms with Crippen LogP contribution in [0.15, 0.2) is 30.3 Å². The quantitative estimate of drug-likeness (QED) is 0.707. The summed E-state index contributed by atoms with van der Waals surface area (Å²) in [5.41, 5.74) is 0.678. The first-order valence-corrected chi connectivity index (χ1v) is 6.04. The van der Waals surface area contributed by atoms with Crippen LogP contribution >= 0.6 is 0 Å². The van der Waals surface area contributed by atoms with Gasteiger partial charge in [0.25, 0.3) is 0 Å².